The van der Waals surface area contributed by atoms with Crippen molar-refractivity contribution >= 4 is 11.7 Å². The number of benzene rings is 2. The summed E-state index contributed by atoms with van der Waals surface area (Å²) < 4.78 is 40.3. The fourth-order valence-corrected chi connectivity index (χ4v) is 4.33. The van der Waals surface area contributed by atoms with Crippen LogP contribution in [0.3, 0.4) is 0 Å². The molecule has 184 valence electrons. The predicted octanol–water partition coefficient (Wildman–Crippen LogP) is 5.22. The van der Waals surface area contributed by atoms with Gasteiger partial charge >= 0.3 is 6.18 Å². The van der Waals surface area contributed by atoms with Crippen LogP contribution in [0.2, 0.25) is 0 Å². The van der Waals surface area contributed by atoms with Crippen molar-refractivity contribution in [3.63, 3.8) is 0 Å². The number of hydrogen-bond donors (Lipinski definition) is 0. The lowest BCUT2D eigenvalue weighted by Gasteiger charge is -2.35. The number of aromatic nitrogens is 3. The predicted molar refractivity (Wildman–Crippen MR) is 131 cm³/mol. The summed E-state index contributed by atoms with van der Waals surface area (Å²) >= 11 is 0. The Labute approximate surface area is 206 Å². The maximum absolute atomic E-state index is 13.7. The number of piperazine rings is 1. The summed E-state index contributed by atoms with van der Waals surface area (Å²) in [7, 11) is 0. The largest absolute Gasteiger partial charge is 0.417 e. The van der Waals surface area contributed by atoms with Crippen molar-refractivity contribution in [2.24, 2.45) is 0 Å². The molecular formula is C27H24F3N5O. The number of carbonyl (C=O) groups excluding carboxylic acids is 1. The summed E-state index contributed by atoms with van der Waals surface area (Å²) in [5, 5.41) is 4.77. The molecule has 1 saturated heterocycles. The van der Waals surface area contributed by atoms with E-state index in [2.05, 4.69) is 4.98 Å². The van der Waals surface area contributed by atoms with E-state index in [1.54, 1.807) is 15.8 Å². The van der Waals surface area contributed by atoms with Gasteiger partial charge in [0.1, 0.15) is 11.5 Å². The topological polar surface area (TPSA) is 54.3 Å². The molecule has 6 nitrogen and oxygen atoms in total. The summed E-state index contributed by atoms with van der Waals surface area (Å²) in [5.74, 6) is 0.336. The van der Waals surface area contributed by atoms with Crippen LogP contribution in [0.4, 0.5) is 19.0 Å². The maximum atomic E-state index is 13.7. The molecule has 0 unspecified atom stereocenters. The minimum absolute atomic E-state index is 0.129. The number of alkyl halides is 3. The van der Waals surface area contributed by atoms with Gasteiger partial charge in [-0.3, -0.25) is 4.79 Å². The van der Waals surface area contributed by atoms with Crippen LogP contribution in [0, 0.1) is 6.92 Å². The zero-order valence-corrected chi connectivity index (χ0v) is 19.6. The van der Waals surface area contributed by atoms with Gasteiger partial charge in [0.15, 0.2) is 0 Å². The highest BCUT2D eigenvalue weighted by molar-refractivity contribution is 6.00. The summed E-state index contributed by atoms with van der Waals surface area (Å²) in [4.78, 5) is 21.3. The molecule has 0 spiro atoms. The Bertz CT molecular complexity index is 1360. The molecule has 0 atom stereocenters. The first-order valence-corrected chi connectivity index (χ1v) is 11.6. The molecule has 1 amide bonds. The average Bonchev–Trinajstić information content (AvgIpc) is 3.34. The van der Waals surface area contributed by atoms with E-state index in [0.717, 1.165) is 29.1 Å². The van der Waals surface area contributed by atoms with Gasteiger partial charge in [-0.15, -0.1) is 0 Å². The minimum atomic E-state index is -4.42. The molecule has 9 heteroatoms. The number of hydrogen-bond acceptors (Lipinski definition) is 4. The van der Waals surface area contributed by atoms with Crippen LogP contribution in [0.25, 0.3) is 16.9 Å². The van der Waals surface area contributed by atoms with Gasteiger partial charge in [-0.2, -0.15) is 18.3 Å². The van der Waals surface area contributed by atoms with Crippen molar-refractivity contribution in [2.45, 2.75) is 13.1 Å². The number of amides is 1. The number of para-hydroxylation sites is 1. The van der Waals surface area contributed by atoms with Crippen LogP contribution in [0.5, 0.6) is 0 Å². The molecule has 0 radical (unpaired) electrons. The monoisotopic (exact) mass is 491 g/mol. The fraction of sp³-hybridized carbons (Fsp3) is 0.222. The van der Waals surface area contributed by atoms with Gasteiger partial charge in [0, 0.05) is 44.1 Å². The molecule has 4 aromatic rings. The summed E-state index contributed by atoms with van der Waals surface area (Å²) in [6.07, 6.45) is -1.81. The molecule has 0 aliphatic carbocycles. The number of anilines is 1. The van der Waals surface area contributed by atoms with Crippen LogP contribution in [0.1, 0.15) is 21.5 Å². The zero-order valence-electron chi connectivity index (χ0n) is 19.6. The van der Waals surface area contributed by atoms with Crippen molar-refractivity contribution in [1.29, 1.82) is 0 Å². The van der Waals surface area contributed by atoms with Crippen LogP contribution in [-0.2, 0) is 6.18 Å². The number of pyridine rings is 1. The van der Waals surface area contributed by atoms with Gasteiger partial charge in [0.05, 0.1) is 16.8 Å². The number of nitrogens with zero attached hydrogens (tertiary/aromatic N) is 5. The first kappa shape index (κ1) is 23.6. The second-order valence-electron chi connectivity index (χ2n) is 8.67. The summed E-state index contributed by atoms with van der Waals surface area (Å²) in [6.45, 7) is 3.77. The summed E-state index contributed by atoms with van der Waals surface area (Å²) in [5.41, 5.74) is 3.11. The number of rotatable bonds is 4. The quantitative estimate of drug-likeness (QED) is 0.393. The number of aryl methyl sites for hydroxylation is 1. The first-order valence-electron chi connectivity index (χ1n) is 11.6. The van der Waals surface area contributed by atoms with Crippen LogP contribution < -0.4 is 4.90 Å². The van der Waals surface area contributed by atoms with E-state index in [1.807, 2.05) is 66.4 Å². The Morgan fingerprint density at radius 2 is 1.58 bits per heavy atom. The highest BCUT2D eigenvalue weighted by Gasteiger charge is 2.31. The van der Waals surface area contributed by atoms with E-state index in [-0.39, 0.29) is 5.91 Å². The first-order chi connectivity index (χ1) is 17.3. The van der Waals surface area contributed by atoms with Gasteiger partial charge in [-0.25, -0.2) is 9.67 Å². The highest BCUT2D eigenvalue weighted by atomic mass is 19.4. The molecule has 0 bridgehead atoms. The highest BCUT2D eigenvalue weighted by Crippen LogP contribution is 2.30. The van der Waals surface area contributed by atoms with Gasteiger partial charge in [-0.1, -0.05) is 42.5 Å². The lowest BCUT2D eigenvalue weighted by Crippen LogP contribution is -2.49. The molecule has 1 aliphatic heterocycles. The Hall–Kier alpha value is -4.14. The SMILES string of the molecule is Cc1ccccc1-c1nn(-c2ccccc2)cc1C(=O)N1CCN(c2ccc(C(F)(F)F)cn2)CC1. The minimum Gasteiger partial charge on any atom is -0.353 e. The van der Waals surface area contributed by atoms with Gasteiger partial charge in [0.25, 0.3) is 5.91 Å². The standard InChI is InChI=1S/C27H24F3N5O/c1-19-7-5-6-10-22(19)25-23(18-35(32-25)21-8-3-2-4-9-21)26(36)34-15-13-33(14-16-34)24-12-11-20(17-31-24)27(28,29)30/h2-12,17-18H,13-16H2,1H3. The van der Waals surface area contributed by atoms with Gasteiger partial charge < -0.3 is 9.80 Å². The smallest absolute Gasteiger partial charge is 0.353 e. The molecule has 2 aromatic carbocycles. The lowest BCUT2D eigenvalue weighted by molar-refractivity contribution is -0.137. The van der Waals surface area contributed by atoms with E-state index in [9.17, 15) is 18.0 Å². The molecule has 36 heavy (non-hydrogen) atoms. The Kier molecular flexibility index (Phi) is 6.22. The van der Waals surface area contributed by atoms with E-state index in [0.29, 0.717) is 43.3 Å². The lowest BCUT2D eigenvalue weighted by atomic mass is 10.0. The Morgan fingerprint density at radius 1 is 0.889 bits per heavy atom. The molecule has 0 N–H and O–H groups in total. The van der Waals surface area contributed by atoms with Crippen molar-refractivity contribution in [3.05, 3.63) is 95.8 Å². The van der Waals surface area contributed by atoms with Crippen molar-refractivity contribution in [1.82, 2.24) is 19.7 Å². The third kappa shape index (κ3) is 4.68. The Morgan fingerprint density at radius 3 is 2.22 bits per heavy atom. The molecule has 2 aromatic heterocycles. The maximum Gasteiger partial charge on any atom is 0.417 e. The van der Waals surface area contributed by atoms with Crippen molar-refractivity contribution in [2.75, 3.05) is 31.1 Å². The second-order valence-corrected chi connectivity index (χ2v) is 8.67. The number of halogens is 3. The third-order valence-electron chi connectivity index (χ3n) is 6.33. The second kappa shape index (κ2) is 9.49. The van der Waals surface area contributed by atoms with E-state index in [1.165, 1.54) is 6.07 Å². The number of carbonyl (C=O) groups is 1. The molecule has 5 rings (SSSR count). The molecule has 3 heterocycles. The molecule has 0 saturated carbocycles. The van der Waals surface area contributed by atoms with Crippen molar-refractivity contribution < 1.29 is 18.0 Å². The van der Waals surface area contributed by atoms with Crippen molar-refractivity contribution in [3.8, 4) is 16.9 Å². The Balaban J connectivity index is 1.38. The van der Waals surface area contributed by atoms with Gasteiger partial charge in [0.2, 0.25) is 0 Å². The van der Waals surface area contributed by atoms with Crippen LogP contribution in [-0.4, -0.2) is 51.8 Å². The summed E-state index contributed by atoms with van der Waals surface area (Å²) in [6, 6.07) is 19.8. The zero-order chi connectivity index (χ0) is 25.3. The van der Waals surface area contributed by atoms with E-state index in [4.69, 9.17) is 5.10 Å². The third-order valence-corrected chi connectivity index (χ3v) is 6.33. The molecular weight excluding hydrogens is 467 g/mol. The van der Waals surface area contributed by atoms with E-state index < -0.39 is 11.7 Å². The average molecular weight is 492 g/mol. The van der Waals surface area contributed by atoms with Crippen LogP contribution in [0.15, 0.2) is 79.1 Å². The van der Waals surface area contributed by atoms with Gasteiger partial charge in [-0.05, 0) is 36.8 Å². The molecule has 1 aliphatic rings. The molecule has 1 fully saturated rings. The fourth-order valence-electron chi connectivity index (χ4n) is 4.33. The van der Waals surface area contributed by atoms with E-state index >= 15 is 0 Å². The normalized spacial score (nSPS) is 14.2. The van der Waals surface area contributed by atoms with Crippen LogP contribution >= 0.6 is 0 Å².